The molecule has 0 saturated carbocycles. The van der Waals surface area contributed by atoms with Crippen LogP contribution in [-0.2, 0) is 11.2 Å². The maximum Gasteiger partial charge on any atom is 0.113 e. The van der Waals surface area contributed by atoms with Crippen molar-refractivity contribution in [3.05, 3.63) is 33.8 Å². The van der Waals surface area contributed by atoms with E-state index < -0.39 is 0 Å². The highest BCUT2D eigenvalue weighted by Crippen LogP contribution is 2.24. The molecule has 0 aromatic heterocycles. The van der Waals surface area contributed by atoms with E-state index >= 15 is 0 Å². The van der Waals surface area contributed by atoms with Crippen LogP contribution in [0.5, 0.6) is 0 Å². The fraction of sp³-hybridized carbons (Fsp3) is 0.571. The minimum absolute atomic E-state index is 0.208. The highest BCUT2D eigenvalue weighted by molar-refractivity contribution is 6.42. The molecule has 0 unspecified atom stereocenters. The lowest BCUT2D eigenvalue weighted by molar-refractivity contribution is -0.0853. The molecule has 0 aliphatic carbocycles. The van der Waals surface area contributed by atoms with Crippen LogP contribution in [0.1, 0.15) is 32.3 Å². The number of aryl methyl sites for hydroxylation is 1. The van der Waals surface area contributed by atoms with E-state index in [0.29, 0.717) is 16.1 Å². The second kappa shape index (κ2) is 5.79. The van der Waals surface area contributed by atoms with E-state index in [1.165, 1.54) is 5.56 Å². The number of ether oxygens (including phenoxy) is 1. The van der Waals surface area contributed by atoms with E-state index in [9.17, 15) is 0 Å². The first-order chi connectivity index (χ1) is 8.46. The van der Waals surface area contributed by atoms with Gasteiger partial charge in [0, 0.05) is 6.04 Å². The fourth-order valence-corrected chi connectivity index (χ4v) is 2.63. The van der Waals surface area contributed by atoms with E-state index in [1.54, 1.807) is 0 Å². The first kappa shape index (κ1) is 14.1. The lowest BCUT2D eigenvalue weighted by Crippen LogP contribution is -2.52. The lowest BCUT2D eigenvalue weighted by Gasteiger charge is -2.37. The number of hydrogen-bond donors (Lipinski definition) is 1. The Balaban J connectivity index is 1.89. The average molecular weight is 288 g/mol. The maximum absolute atomic E-state index is 6.01. The third-order valence-electron chi connectivity index (χ3n) is 3.25. The average Bonchev–Trinajstić information content (AvgIpc) is 2.29. The molecule has 2 rings (SSSR count). The Morgan fingerprint density at radius 3 is 2.78 bits per heavy atom. The summed E-state index contributed by atoms with van der Waals surface area (Å²) < 4.78 is 5.63. The van der Waals surface area contributed by atoms with Crippen molar-refractivity contribution in [2.24, 2.45) is 0 Å². The molecule has 100 valence electrons. The summed E-state index contributed by atoms with van der Waals surface area (Å²) in [5, 5.41) is 4.76. The second-order valence-corrected chi connectivity index (χ2v) is 6.09. The van der Waals surface area contributed by atoms with Gasteiger partial charge in [-0.05, 0) is 50.8 Å². The van der Waals surface area contributed by atoms with Gasteiger partial charge in [-0.2, -0.15) is 0 Å². The largest absolute Gasteiger partial charge is 0.361 e. The summed E-state index contributed by atoms with van der Waals surface area (Å²) in [4.78, 5) is 0. The fourth-order valence-electron chi connectivity index (χ4n) is 2.31. The zero-order valence-corrected chi connectivity index (χ0v) is 12.3. The Morgan fingerprint density at radius 2 is 2.11 bits per heavy atom. The van der Waals surface area contributed by atoms with E-state index in [0.717, 1.165) is 25.9 Å². The van der Waals surface area contributed by atoms with Gasteiger partial charge in [0.2, 0.25) is 0 Å². The number of rotatable bonds is 3. The molecule has 4 heteroatoms. The predicted molar refractivity (Wildman–Crippen MR) is 76.4 cm³/mol. The molecule has 1 fully saturated rings. The normalized spacial score (nSPS) is 23.0. The van der Waals surface area contributed by atoms with Crippen molar-refractivity contribution in [1.29, 1.82) is 0 Å². The highest BCUT2D eigenvalue weighted by atomic mass is 35.5. The van der Waals surface area contributed by atoms with Crippen LogP contribution >= 0.6 is 23.2 Å². The van der Waals surface area contributed by atoms with Crippen LogP contribution in [-0.4, -0.2) is 18.4 Å². The third kappa shape index (κ3) is 3.86. The zero-order chi connectivity index (χ0) is 13.2. The third-order valence-corrected chi connectivity index (χ3v) is 3.99. The van der Waals surface area contributed by atoms with Crippen LogP contribution in [0.15, 0.2) is 18.2 Å². The van der Waals surface area contributed by atoms with Crippen LogP contribution < -0.4 is 5.32 Å². The van der Waals surface area contributed by atoms with Gasteiger partial charge in [0.05, 0.1) is 16.7 Å². The molecular weight excluding hydrogens is 269 g/mol. The summed E-state index contributed by atoms with van der Waals surface area (Å²) in [6.07, 6.45) is 3.15. The molecule has 2 nitrogen and oxygen atoms in total. The smallest absolute Gasteiger partial charge is 0.113 e. The van der Waals surface area contributed by atoms with Crippen molar-refractivity contribution < 1.29 is 4.74 Å². The molecule has 1 N–H and O–H groups in total. The summed E-state index contributed by atoms with van der Waals surface area (Å²) >= 11 is 11.9. The van der Waals surface area contributed by atoms with Crippen molar-refractivity contribution >= 4 is 23.2 Å². The van der Waals surface area contributed by atoms with Crippen molar-refractivity contribution in [2.75, 3.05) is 6.61 Å². The minimum atomic E-state index is -0.208. The summed E-state index contributed by atoms with van der Waals surface area (Å²) in [5.74, 6) is 0. The summed E-state index contributed by atoms with van der Waals surface area (Å²) in [6, 6.07) is 6.36. The van der Waals surface area contributed by atoms with E-state index in [4.69, 9.17) is 27.9 Å². The van der Waals surface area contributed by atoms with Crippen LogP contribution in [0, 0.1) is 0 Å². The summed E-state index contributed by atoms with van der Waals surface area (Å²) in [7, 11) is 0. The Hall–Kier alpha value is -0.280. The van der Waals surface area contributed by atoms with Crippen molar-refractivity contribution in [2.45, 2.75) is 44.9 Å². The Labute approximate surface area is 119 Å². The molecular formula is C14H19Cl2NO. The van der Waals surface area contributed by atoms with E-state index in [1.807, 2.05) is 18.2 Å². The van der Waals surface area contributed by atoms with Crippen molar-refractivity contribution in [3.8, 4) is 0 Å². The topological polar surface area (TPSA) is 21.3 Å². The molecule has 0 amide bonds. The second-order valence-electron chi connectivity index (χ2n) is 5.28. The van der Waals surface area contributed by atoms with Gasteiger partial charge in [-0.1, -0.05) is 29.3 Å². The quantitative estimate of drug-likeness (QED) is 0.906. The molecule has 1 heterocycles. The molecule has 0 radical (unpaired) electrons. The molecule has 0 bridgehead atoms. The van der Waals surface area contributed by atoms with Crippen LogP contribution in [0.4, 0.5) is 0 Å². The van der Waals surface area contributed by atoms with Crippen LogP contribution in [0.25, 0.3) is 0 Å². The predicted octanol–water partition coefficient (Wildman–Crippen LogP) is 4.04. The summed E-state index contributed by atoms with van der Waals surface area (Å²) in [6.45, 7) is 4.96. The van der Waals surface area contributed by atoms with Gasteiger partial charge < -0.3 is 4.74 Å². The number of nitrogens with one attached hydrogen (secondary N) is 1. The lowest BCUT2D eigenvalue weighted by atomic mass is 10.0. The van der Waals surface area contributed by atoms with Crippen LogP contribution in [0.2, 0.25) is 10.0 Å². The minimum Gasteiger partial charge on any atom is -0.361 e. The molecule has 0 spiro atoms. The zero-order valence-electron chi connectivity index (χ0n) is 10.8. The van der Waals surface area contributed by atoms with Gasteiger partial charge in [0.25, 0.3) is 0 Å². The van der Waals surface area contributed by atoms with Gasteiger partial charge in [-0.15, -0.1) is 0 Å². The molecule has 1 saturated heterocycles. The SMILES string of the molecule is CC1(C)N[C@@H](CCc2ccc(Cl)c(Cl)c2)CCO1. The van der Waals surface area contributed by atoms with Gasteiger partial charge >= 0.3 is 0 Å². The molecule has 1 atom stereocenters. The first-order valence-corrected chi connectivity index (χ1v) is 7.07. The molecule has 1 aliphatic heterocycles. The number of hydrogen-bond acceptors (Lipinski definition) is 2. The number of halogens is 2. The molecule has 18 heavy (non-hydrogen) atoms. The monoisotopic (exact) mass is 287 g/mol. The van der Waals surface area contributed by atoms with E-state index in [2.05, 4.69) is 19.2 Å². The standard InChI is InChI=1S/C14H19Cl2NO/c1-14(2)17-11(7-8-18-14)5-3-10-4-6-12(15)13(16)9-10/h4,6,9,11,17H,3,5,7-8H2,1-2H3/t11-/m0/s1. The van der Waals surface area contributed by atoms with Gasteiger partial charge in [-0.3, -0.25) is 5.32 Å². The Morgan fingerprint density at radius 1 is 1.33 bits per heavy atom. The Kier molecular flexibility index (Phi) is 4.54. The van der Waals surface area contributed by atoms with Gasteiger partial charge in [-0.25, -0.2) is 0 Å². The summed E-state index contributed by atoms with van der Waals surface area (Å²) in [5.41, 5.74) is 1.02. The number of benzene rings is 1. The van der Waals surface area contributed by atoms with Crippen LogP contribution in [0.3, 0.4) is 0 Å². The molecule has 1 aromatic rings. The van der Waals surface area contributed by atoms with Gasteiger partial charge in [0.15, 0.2) is 0 Å². The molecule has 1 aromatic carbocycles. The first-order valence-electron chi connectivity index (χ1n) is 6.32. The van der Waals surface area contributed by atoms with E-state index in [-0.39, 0.29) is 5.72 Å². The maximum atomic E-state index is 6.01. The Bertz CT molecular complexity index is 420. The highest BCUT2D eigenvalue weighted by Gasteiger charge is 2.27. The van der Waals surface area contributed by atoms with Gasteiger partial charge in [0.1, 0.15) is 5.72 Å². The molecule has 1 aliphatic rings. The van der Waals surface area contributed by atoms with Crippen molar-refractivity contribution in [3.63, 3.8) is 0 Å². The van der Waals surface area contributed by atoms with Crippen molar-refractivity contribution in [1.82, 2.24) is 5.32 Å².